The number of amides is 2. The molecule has 2 aromatic rings. The summed E-state index contributed by atoms with van der Waals surface area (Å²) < 4.78 is 10.6. The maximum absolute atomic E-state index is 12.8. The summed E-state index contributed by atoms with van der Waals surface area (Å²) in [4.78, 5) is 39.0. The number of ether oxygens (including phenoxy) is 2. The predicted octanol–water partition coefficient (Wildman–Crippen LogP) is 3.59. The van der Waals surface area contributed by atoms with Crippen LogP contribution in [-0.2, 0) is 32.3 Å². The molecule has 0 radical (unpaired) electrons. The van der Waals surface area contributed by atoms with Crippen molar-refractivity contribution in [3.63, 3.8) is 0 Å². The molecule has 1 aliphatic heterocycles. The molecule has 1 fully saturated rings. The van der Waals surface area contributed by atoms with Gasteiger partial charge in [-0.25, -0.2) is 14.5 Å². The number of likely N-dealkylation sites (tertiary alicyclic amines) is 1. The lowest BCUT2D eigenvalue weighted by Gasteiger charge is -2.34. The smallest absolute Gasteiger partial charge is 0.417 e. The maximum atomic E-state index is 12.8. The second-order valence-corrected chi connectivity index (χ2v) is 6.99. The van der Waals surface area contributed by atoms with Crippen molar-refractivity contribution >= 4 is 18.0 Å². The van der Waals surface area contributed by atoms with Gasteiger partial charge in [0.25, 0.3) is 0 Å². The van der Waals surface area contributed by atoms with Crippen LogP contribution >= 0.6 is 0 Å². The second-order valence-electron chi connectivity index (χ2n) is 6.99. The third kappa shape index (κ3) is 5.23. The molecule has 0 aromatic heterocycles. The van der Waals surface area contributed by atoms with Crippen molar-refractivity contribution in [1.29, 1.82) is 5.26 Å². The summed E-state index contributed by atoms with van der Waals surface area (Å²) in [6, 6.07) is 19.0. The van der Waals surface area contributed by atoms with E-state index in [9.17, 15) is 14.4 Å². The van der Waals surface area contributed by atoms with Gasteiger partial charge in [-0.3, -0.25) is 4.79 Å². The third-order valence-corrected chi connectivity index (χ3v) is 4.92. The summed E-state index contributed by atoms with van der Waals surface area (Å²) in [7, 11) is 0. The predicted molar refractivity (Wildman–Crippen MR) is 106 cm³/mol. The summed E-state index contributed by atoms with van der Waals surface area (Å²) in [5.41, 5.74) is 1.56. The molecular formula is C23H22N2O5. The molecule has 0 aliphatic carbocycles. The van der Waals surface area contributed by atoms with Crippen molar-refractivity contribution in [2.24, 2.45) is 5.92 Å². The Morgan fingerprint density at radius 3 is 2.07 bits per heavy atom. The van der Waals surface area contributed by atoms with Gasteiger partial charge in [-0.05, 0) is 24.0 Å². The number of nitrogens with zero attached hydrogens (tertiary/aromatic N) is 2. The topological polar surface area (TPSA) is 96.7 Å². The van der Waals surface area contributed by atoms with Gasteiger partial charge >= 0.3 is 12.1 Å². The molecule has 0 bridgehead atoms. The molecule has 2 aromatic carbocycles. The van der Waals surface area contributed by atoms with Crippen LogP contribution < -0.4 is 0 Å². The van der Waals surface area contributed by atoms with E-state index in [-0.39, 0.29) is 26.1 Å². The molecule has 2 amide bonds. The number of hydrogen-bond donors (Lipinski definition) is 0. The molecule has 7 heteroatoms. The van der Waals surface area contributed by atoms with Crippen LogP contribution in [0.25, 0.3) is 0 Å². The molecule has 154 valence electrons. The van der Waals surface area contributed by atoms with Gasteiger partial charge in [0.15, 0.2) is 0 Å². The average Bonchev–Trinajstić information content (AvgIpc) is 2.78. The monoisotopic (exact) mass is 406 g/mol. The minimum absolute atomic E-state index is 0.0208. The van der Waals surface area contributed by atoms with Crippen LogP contribution in [0.4, 0.5) is 4.79 Å². The van der Waals surface area contributed by atoms with Gasteiger partial charge < -0.3 is 9.47 Å². The first kappa shape index (κ1) is 21.1. The minimum Gasteiger partial charge on any atom is -0.459 e. The van der Waals surface area contributed by atoms with E-state index in [1.165, 1.54) is 0 Å². The Labute approximate surface area is 174 Å². The first-order valence-electron chi connectivity index (χ1n) is 9.71. The highest BCUT2D eigenvalue weighted by Crippen LogP contribution is 2.27. The van der Waals surface area contributed by atoms with E-state index in [2.05, 4.69) is 0 Å². The fraction of sp³-hybridized carbons (Fsp3) is 0.304. The number of esters is 1. The first-order valence-corrected chi connectivity index (χ1v) is 9.71. The Hall–Kier alpha value is -3.66. The normalized spacial score (nSPS) is 18.4. The Kier molecular flexibility index (Phi) is 7.17. The highest BCUT2D eigenvalue weighted by atomic mass is 16.6. The average molecular weight is 406 g/mol. The van der Waals surface area contributed by atoms with Crippen molar-refractivity contribution in [3.8, 4) is 6.07 Å². The Morgan fingerprint density at radius 2 is 1.50 bits per heavy atom. The Morgan fingerprint density at radius 1 is 0.933 bits per heavy atom. The third-order valence-electron chi connectivity index (χ3n) is 4.92. The highest BCUT2D eigenvalue weighted by molar-refractivity contribution is 5.98. The van der Waals surface area contributed by atoms with Gasteiger partial charge in [0.1, 0.15) is 19.3 Å². The number of piperidine rings is 1. The fourth-order valence-electron chi connectivity index (χ4n) is 3.32. The van der Waals surface area contributed by atoms with E-state index in [4.69, 9.17) is 14.7 Å². The molecule has 0 spiro atoms. The van der Waals surface area contributed by atoms with E-state index >= 15 is 0 Å². The second kappa shape index (κ2) is 10.2. The number of rotatable bonds is 6. The van der Waals surface area contributed by atoms with Crippen molar-refractivity contribution < 1.29 is 23.9 Å². The van der Waals surface area contributed by atoms with Gasteiger partial charge in [0.05, 0.1) is 12.0 Å². The number of hydrogen-bond acceptors (Lipinski definition) is 6. The molecule has 1 saturated heterocycles. The zero-order valence-electron chi connectivity index (χ0n) is 16.4. The van der Waals surface area contributed by atoms with Gasteiger partial charge in [-0.2, -0.15) is 5.26 Å². The molecule has 0 saturated carbocycles. The molecule has 0 N–H and O–H groups in total. The van der Waals surface area contributed by atoms with Crippen LogP contribution in [0.15, 0.2) is 60.7 Å². The van der Waals surface area contributed by atoms with Crippen LogP contribution in [0.2, 0.25) is 0 Å². The van der Waals surface area contributed by atoms with Gasteiger partial charge in [-0.1, -0.05) is 60.7 Å². The van der Waals surface area contributed by atoms with E-state index in [0.717, 1.165) is 16.0 Å². The maximum Gasteiger partial charge on any atom is 0.417 e. The molecular weight excluding hydrogens is 384 g/mol. The molecule has 7 nitrogen and oxygen atoms in total. The number of carbonyl (C=O) groups is 3. The highest BCUT2D eigenvalue weighted by Gasteiger charge is 2.44. The van der Waals surface area contributed by atoms with Crippen LogP contribution in [0.3, 0.4) is 0 Å². The van der Waals surface area contributed by atoms with E-state index < -0.39 is 29.9 Å². The molecule has 1 unspecified atom stereocenters. The quantitative estimate of drug-likeness (QED) is 0.680. The minimum atomic E-state index is -1.07. The van der Waals surface area contributed by atoms with Gasteiger partial charge in [-0.15, -0.1) is 0 Å². The summed E-state index contributed by atoms with van der Waals surface area (Å²) in [6.07, 6.45) is -0.368. The zero-order chi connectivity index (χ0) is 21.3. The summed E-state index contributed by atoms with van der Waals surface area (Å²) in [5, 5.41) is 8.97. The first-order chi connectivity index (χ1) is 14.6. The van der Waals surface area contributed by atoms with Crippen LogP contribution in [-0.4, -0.2) is 28.9 Å². The standard InChI is InChI=1S/C23H22N2O5/c24-14-13-19-11-12-20(22(27)29-15-17-7-3-1-4-8-17)25(21(19)26)23(28)30-16-18-9-5-2-6-10-18/h1-10,19-20H,11-13,15-16H2/t19?,20-/m0/s1. The van der Waals surface area contributed by atoms with E-state index in [0.29, 0.717) is 6.42 Å². The van der Waals surface area contributed by atoms with Crippen LogP contribution in [0, 0.1) is 17.2 Å². The lowest BCUT2D eigenvalue weighted by atomic mass is 9.90. The van der Waals surface area contributed by atoms with E-state index in [1.54, 1.807) is 12.1 Å². The number of carbonyl (C=O) groups excluding carboxylic acids is 3. The van der Waals surface area contributed by atoms with E-state index in [1.807, 2.05) is 54.6 Å². The van der Waals surface area contributed by atoms with Crippen molar-refractivity contribution in [2.45, 2.75) is 38.5 Å². The molecule has 30 heavy (non-hydrogen) atoms. The van der Waals surface area contributed by atoms with Crippen molar-refractivity contribution in [3.05, 3.63) is 71.8 Å². The van der Waals surface area contributed by atoms with Gasteiger partial charge in [0.2, 0.25) is 5.91 Å². The lowest BCUT2D eigenvalue weighted by Crippen LogP contribution is -2.54. The lowest BCUT2D eigenvalue weighted by molar-refractivity contribution is -0.159. The summed E-state index contributed by atoms with van der Waals surface area (Å²) >= 11 is 0. The Balaban J connectivity index is 1.70. The van der Waals surface area contributed by atoms with Crippen molar-refractivity contribution in [1.82, 2.24) is 4.90 Å². The summed E-state index contributed by atoms with van der Waals surface area (Å²) in [5.74, 6) is -1.89. The largest absolute Gasteiger partial charge is 0.459 e. The van der Waals surface area contributed by atoms with Crippen LogP contribution in [0.5, 0.6) is 0 Å². The molecule has 3 rings (SSSR count). The number of benzene rings is 2. The molecule has 1 heterocycles. The number of nitriles is 1. The zero-order valence-corrected chi connectivity index (χ0v) is 16.4. The van der Waals surface area contributed by atoms with Crippen molar-refractivity contribution in [2.75, 3.05) is 0 Å². The van der Waals surface area contributed by atoms with Crippen LogP contribution in [0.1, 0.15) is 30.4 Å². The molecule has 1 aliphatic rings. The number of imide groups is 1. The molecule has 2 atom stereocenters. The Bertz CT molecular complexity index is 924. The fourth-order valence-corrected chi connectivity index (χ4v) is 3.32. The SMILES string of the molecule is N#CCC1CC[C@@H](C(=O)OCc2ccccc2)N(C(=O)OCc2ccccc2)C1=O. The summed E-state index contributed by atoms with van der Waals surface area (Å²) in [6.45, 7) is 0.0110. The van der Waals surface area contributed by atoms with Gasteiger partial charge in [0, 0.05) is 6.42 Å².